The molecule has 1 fully saturated rings. The van der Waals surface area contributed by atoms with Crippen molar-refractivity contribution in [3.63, 3.8) is 0 Å². The molecule has 3 aliphatic rings. The lowest BCUT2D eigenvalue weighted by molar-refractivity contribution is -0.147. The molecular weight excluding hydrogens is 404 g/mol. The van der Waals surface area contributed by atoms with Gasteiger partial charge in [0.1, 0.15) is 41.0 Å². The van der Waals surface area contributed by atoms with Crippen molar-refractivity contribution < 1.29 is 37.7 Å². The van der Waals surface area contributed by atoms with Gasteiger partial charge in [0.2, 0.25) is 0 Å². The Labute approximate surface area is 180 Å². The molecule has 3 aliphatic heterocycles. The SMILES string of the molecule is C=C(C)[C@@H]1Cc2oc(cc2C(=O)OC)[C@@H]2O[C@@]2(C)C[C@@H]2C=C(C(=O)O2)[C@@H](OC(C)=O)C1. The summed E-state index contributed by atoms with van der Waals surface area (Å²) in [4.78, 5) is 36.7. The summed E-state index contributed by atoms with van der Waals surface area (Å²) in [5.41, 5.74) is 0.839. The molecule has 31 heavy (non-hydrogen) atoms. The maximum absolute atomic E-state index is 12.6. The van der Waals surface area contributed by atoms with E-state index in [-0.39, 0.29) is 12.0 Å². The van der Waals surface area contributed by atoms with Crippen LogP contribution in [0.25, 0.3) is 0 Å². The molecule has 0 amide bonds. The first-order valence-electron chi connectivity index (χ1n) is 10.3. The highest BCUT2D eigenvalue weighted by atomic mass is 16.6. The van der Waals surface area contributed by atoms with E-state index in [1.165, 1.54) is 14.0 Å². The van der Waals surface area contributed by atoms with E-state index in [0.29, 0.717) is 41.9 Å². The molecule has 8 heteroatoms. The summed E-state index contributed by atoms with van der Waals surface area (Å²) in [6, 6.07) is 1.66. The number of carbonyl (C=O) groups is 3. The van der Waals surface area contributed by atoms with Gasteiger partial charge in [0.15, 0.2) is 0 Å². The molecule has 4 heterocycles. The average molecular weight is 430 g/mol. The van der Waals surface area contributed by atoms with Gasteiger partial charge < -0.3 is 23.4 Å². The zero-order valence-corrected chi connectivity index (χ0v) is 18.1. The highest BCUT2D eigenvalue weighted by Crippen LogP contribution is 2.54. The van der Waals surface area contributed by atoms with Crippen LogP contribution < -0.4 is 0 Å². The minimum atomic E-state index is -0.794. The lowest BCUT2D eigenvalue weighted by Crippen LogP contribution is -2.27. The molecule has 0 aromatic carbocycles. The van der Waals surface area contributed by atoms with Gasteiger partial charge in [-0.25, -0.2) is 9.59 Å². The number of hydrogen-bond acceptors (Lipinski definition) is 8. The topological polar surface area (TPSA) is 105 Å². The molecule has 0 N–H and O–H groups in total. The van der Waals surface area contributed by atoms with Gasteiger partial charge in [0.25, 0.3) is 0 Å². The summed E-state index contributed by atoms with van der Waals surface area (Å²) in [5, 5.41) is 0. The van der Waals surface area contributed by atoms with E-state index in [4.69, 9.17) is 23.4 Å². The Balaban J connectivity index is 1.78. The molecule has 166 valence electrons. The molecule has 0 aliphatic carbocycles. The number of furan rings is 1. The largest absolute Gasteiger partial charge is 0.465 e. The van der Waals surface area contributed by atoms with Crippen molar-refractivity contribution in [2.45, 2.75) is 63.9 Å². The molecule has 8 nitrogen and oxygen atoms in total. The molecule has 4 rings (SSSR count). The fourth-order valence-electron chi connectivity index (χ4n) is 4.39. The number of rotatable bonds is 3. The molecule has 0 spiro atoms. The third-order valence-electron chi connectivity index (χ3n) is 6.12. The van der Waals surface area contributed by atoms with Crippen molar-refractivity contribution in [3.05, 3.63) is 47.0 Å². The van der Waals surface area contributed by atoms with Crippen LogP contribution in [0.5, 0.6) is 0 Å². The van der Waals surface area contributed by atoms with E-state index in [0.717, 1.165) is 5.57 Å². The van der Waals surface area contributed by atoms with Crippen molar-refractivity contribution in [1.82, 2.24) is 0 Å². The predicted molar refractivity (Wildman–Crippen MR) is 107 cm³/mol. The maximum Gasteiger partial charge on any atom is 0.341 e. The van der Waals surface area contributed by atoms with Crippen LogP contribution >= 0.6 is 0 Å². The third-order valence-corrected chi connectivity index (χ3v) is 6.12. The molecule has 1 aromatic heterocycles. The van der Waals surface area contributed by atoms with Crippen LogP contribution in [0, 0.1) is 5.92 Å². The minimum absolute atomic E-state index is 0.230. The number of fused-ring (bicyclic) bond motifs is 5. The van der Waals surface area contributed by atoms with E-state index in [2.05, 4.69) is 6.58 Å². The first kappa shape index (κ1) is 21.4. The summed E-state index contributed by atoms with van der Waals surface area (Å²) in [5.74, 6) is -0.745. The van der Waals surface area contributed by atoms with Gasteiger partial charge in [0, 0.05) is 19.8 Å². The summed E-state index contributed by atoms with van der Waals surface area (Å²) in [7, 11) is 1.31. The molecule has 0 radical (unpaired) electrons. The quantitative estimate of drug-likeness (QED) is 0.312. The first-order valence-corrected chi connectivity index (χ1v) is 10.3. The van der Waals surface area contributed by atoms with Crippen LogP contribution in [0.2, 0.25) is 0 Å². The second-order valence-electron chi connectivity index (χ2n) is 8.64. The zero-order valence-electron chi connectivity index (χ0n) is 18.1. The fourth-order valence-corrected chi connectivity index (χ4v) is 4.39. The third kappa shape index (κ3) is 4.04. The normalized spacial score (nSPS) is 31.7. The Bertz CT molecular complexity index is 986. The van der Waals surface area contributed by atoms with Gasteiger partial charge in [-0.05, 0) is 38.3 Å². The van der Waals surface area contributed by atoms with Crippen LogP contribution in [0.1, 0.15) is 61.6 Å². The van der Waals surface area contributed by atoms with Crippen molar-refractivity contribution in [2.75, 3.05) is 7.11 Å². The Morgan fingerprint density at radius 3 is 2.68 bits per heavy atom. The molecule has 1 aromatic rings. The maximum atomic E-state index is 12.6. The van der Waals surface area contributed by atoms with Gasteiger partial charge in [-0.1, -0.05) is 12.2 Å². The average Bonchev–Trinajstić information content (AvgIpc) is 3.00. The monoisotopic (exact) mass is 430 g/mol. The Morgan fingerprint density at radius 1 is 1.29 bits per heavy atom. The molecule has 4 bridgehead atoms. The van der Waals surface area contributed by atoms with Crippen LogP contribution in [0.4, 0.5) is 0 Å². The van der Waals surface area contributed by atoms with Gasteiger partial charge in [0.05, 0.1) is 12.7 Å². The molecule has 5 atom stereocenters. The van der Waals surface area contributed by atoms with Gasteiger partial charge in [-0.2, -0.15) is 0 Å². The number of carbonyl (C=O) groups excluding carboxylic acids is 3. The smallest absolute Gasteiger partial charge is 0.341 e. The number of methoxy groups -OCH3 is 1. The summed E-state index contributed by atoms with van der Waals surface area (Å²) in [6.07, 6.45) is 1.09. The van der Waals surface area contributed by atoms with E-state index >= 15 is 0 Å². The Hall–Kier alpha value is -2.87. The predicted octanol–water partition coefficient (Wildman–Crippen LogP) is 3.21. The lowest BCUT2D eigenvalue weighted by Gasteiger charge is -2.23. The fraction of sp³-hybridized carbons (Fsp3) is 0.522. The van der Waals surface area contributed by atoms with Crippen LogP contribution in [-0.4, -0.2) is 42.8 Å². The number of allylic oxidation sites excluding steroid dienone is 1. The summed E-state index contributed by atoms with van der Waals surface area (Å²) < 4.78 is 27.9. The van der Waals surface area contributed by atoms with E-state index in [1.807, 2.05) is 13.8 Å². The second kappa shape index (κ2) is 7.67. The zero-order chi connectivity index (χ0) is 22.5. The number of hydrogen-bond donors (Lipinski definition) is 0. The van der Waals surface area contributed by atoms with Crippen LogP contribution in [0.3, 0.4) is 0 Å². The Kier molecular flexibility index (Phi) is 5.29. The molecule has 0 unspecified atom stereocenters. The van der Waals surface area contributed by atoms with Crippen molar-refractivity contribution in [3.8, 4) is 0 Å². The van der Waals surface area contributed by atoms with Gasteiger partial charge in [-0.3, -0.25) is 4.79 Å². The molecular formula is C23H26O8. The van der Waals surface area contributed by atoms with Crippen molar-refractivity contribution in [1.29, 1.82) is 0 Å². The number of epoxide rings is 1. The van der Waals surface area contributed by atoms with Crippen molar-refractivity contribution >= 4 is 17.9 Å². The van der Waals surface area contributed by atoms with Gasteiger partial charge in [-0.15, -0.1) is 0 Å². The lowest BCUT2D eigenvalue weighted by atomic mass is 9.87. The van der Waals surface area contributed by atoms with Crippen LogP contribution in [0.15, 0.2) is 34.3 Å². The molecule has 1 saturated heterocycles. The minimum Gasteiger partial charge on any atom is -0.465 e. The van der Waals surface area contributed by atoms with Gasteiger partial charge >= 0.3 is 17.9 Å². The Morgan fingerprint density at radius 2 is 2.03 bits per heavy atom. The second-order valence-corrected chi connectivity index (χ2v) is 8.64. The van der Waals surface area contributed by atoms with E-state index in [9.17, 15) is 14.4 Å². The van der Waals surface area contributed by atoms with Crippen LogP contribution in [-0.2, 0) is 35.0 Å². The first-order chi connectivity index (χ1) is 14.6. The standard InChI is InChI=1S/C23H26O8/c1-11(2)13-6-17(28-12(3)24)15-8-14(29-22(15)26)10-23(4)20(31-23)19-9-16(21(25)27-5)18(7-13)30-19/h8-9,13-14,17,20H,1,6-7,10H2,2-5H3/t13-,14-,17-,20-,23-/m0/s1. The van der Waals surface area contributed by atoms with Crippen molar-refractivity contribution in [2.24, 2.45) is 5.92 Å². The highest BCUT2D eigenvalue weighted by molar-refractivity contribution is 5.92. The summed E-state index contributed by atoms with van der Waals surface area (Å²) in [6.45, 7) is 9.10. The van der Waals surface area contributed by atoms with E-state index in [1.54, 1.807) is 12.1 Å². The summed E-state index contributed by atoms with van der Waals surface area (Å²) >= 11 is 0. The highest BCUT2D eigenvalue weighted by Gasteiger charge is 2.57. The number of ether oxygens (including phenoxy) is 4. The molecule has 0 saturated carbocycles. The number of esters is 3. The van der Waals surface area contributed by atoms with E-state index < -0.39 is 35.7 Å².